The van der Waals surface area contributed by atoms with E-state index in [0.29, 0.717) is 6.04 Å². The van der Waals surface area contributed by atoms with Crippen LogP contribution in [0.3, 0.4) is 0 Å². The fraction of sp³-hybridized carbons (Fsp3) is 0.636. The lowest BCUT2D eigenvalue weighted by Crippen LogP contribution is -2.38. The molecule has 1 atom stereocenters. The first-order valence-corrected chi connectivity index (χ1v) is 5.58. The number of hydrogen-bond acceptors (Lipinski definition) is 4. The van der Waals surface area contributed by atoms with E-state index in [-0.39, 0.29) is 0 Å². The monoisotopic (exact) mass is 206 g/mol. The smallest absolute Gasteiger partial charge is 0.225 e. The zero-order valence-corrected chi connectivity index (χ0v) is 9.40. The quantitative estimate of drug-likeness (QED) is 0.800. The summed E-state index contributed by atoms with van der Waals surface area (Å²) in [4.78, 5) is 11.1. The van der Waals surface area contributed by atoms with Crippen LogP contribution < -0.4 is 10.2 Å². The van der Waals surface area contributed by atoms with Crippen LogP contribution in [0.25, 0.3) is 0 Å². The molecule has 4 nitrogen and oxygen atoms in total. The van der Waals surface area contributed by atoms with E-state index in [4.69, 9.17) is 0 Å². The third-order valence-electron chi connectivity index (χ3n) is 2.85. The summed E-state index contributed by atoms with van der Waals surface area (Å²) in [5.41, 5.74) is 1.03. The summed E-state index contributed by atoms with van der Waals surface area (Å²) in [7, 11) is 0. The third-order valence-corrected chi connectivity index (χ3v) is 2.85. The highest BCUT2D eigenvalue weighted by atomic mass is 15.3. The molecule has 0 spiro atoms. The van der Waals surface area contributed by atoms with Crippen molar-refractivity contribution in [1.82, 2.24) is 15.3 Å². The fourth-order valence-corrected chi connectivity index (χ4v) is 2.04. The second kappa shape index (κ2) is 4.57. The van der Waals surface area contributed by atoms with Crippen molar-refractivity contribution in [1.29, 1.82) is 0 Å². The summed E-state index contributed by atoms with van der Waals surface area (Å²) < 4.78 is 0. The number of aromatic nitrogens is 2. The Labute approximate surface area is 90.7 Å². The Bertz CT molecular complexity index is 320. The van der Waals surface area contributed by atoms with Crippen LogP contribution in [-0.4, -0.2) is 35.6 Å². The molecule has 2 rings (SSSR count). The molecule has 4 heteroatoms. The Morgan fingerprint density at radius 1 is 1.60 bits per heavy atom. The minimum atomic E-state index is 0.553. The molecule has 1 aromatic rings. The van der Waals surface area contributed by atoms with Gasteiger partial charge in [0.15, 0.2) is 0 Å². The van der Waals surface area contributed by atoms with Gasteiger partial charge in [0.1, 0.15) is 0 Å². The normalized spacial score (nSPS) is 20.5. The molecule has 1 aliphatic rings. The number of aryl methyl sites for hydroxylation is 1. The summed E-state index contributed by atoms with van der Waals surface area (Å²) in [5, 5.41) is 3.37. The van der Waals surface area contributed by atoms with E-state index in [1.54, 1.807) is 0 Å². The molecule has 0 amide bonds. The molecule has 1 fully saturated rings. The van der Waals surface area contributed by atoms with Gasteiger partial charge in [-0.3, -0.25) is 0 Å². The van der Waals surface area contributed by atoms with Crippen LogP contribution in [0.1, 0.15) is 19.0 Å². The van der Waals surface area contributed by atoms with Crippen LogP contribution >= 0.6 is 0 Å². The molecule has 0 aromatic carbocycles. The van der Waals surface area contributed by atoms with Crippen molar-refractivity contribution in [3.8, 4) is 0 Å². The van der Waals surface area contributed by atoms with Gasteiger partial charge < -0.3 is 10.2 Å². The molecule has 1 unspecified atom stereocenters. The molecule has 0 aliphatic carbocycles. The third kappa shape index (κ3) is 2.26. The van der Waals surface area contributed by atoms with Gasteiger partial charge in [0.05, 0.1) is 0 Å². The molecule has 82 valence electrons. The molecule has 15 heavy (non-hydrogen) atoms. The van der Waals surface area contributed by atoms with Gasteiger partial charge in [0.2, 0.25) is 5.95 Å². The highest BCUT2D eigenvalue weighted by molar-refractivity contribution is 5.32. The van der Waals surface area contributed by atoms with Crippen molar-refractivity contribution in [3.05, 3.63) is 18.0 Å². The molecule has 0 bridgehead atoms. The van der Waals surface area contributed by atoms with Gasteiger partial charge in [-0.15, -0.1) is 0 Å². The highest BCUT2D eigenvalue weighted by Gasteiger charge is 2.22. The van der Waals surface area contributed by atoms with Crippen molar-refractivity contribution >= 4 is 5.95 Å². The molecule has 1 aromatic heterocycles. The van der Waals surface area contributed by atoms with Crippen molar-refractivity contribution in [3.63, 3.8) is 0 Å². The van der Waals surface area contributed by atoms with Crippen LogP contribution in [0.4, 0.5) is 5.95 Å². The number of hydrogen-bond donors (Lipinski definition) is 1. The predicted octanol–water partition coefficient (Wildman–Crippen LogP) is 0.973. The SMILES string of the molecule is CCN(c1nccc(C)n1)C1CCNC1. The van der Waals surface area contributed by atoms with Gasteiger partial charge >= 0.3 is 0 Å². The Morgan fingerprint density at radius 3 is 3.07 bits per heavy atom. The van der Waals surface area contributed by atoms with Gasteiger partial charge in [0.25, 0.3) is 0 Å². The molecular weight excluding hydrogens is 188 g/mol. The number of anilines is 1. The van der Waals surface area contributed by atoms with Crippen molar-refractivity contribution in [2.24, 2.45) is 0 Å². The number of likely N-dealkylation sites (N-methyl/N-ethyl adjacent to an activating group) is 1. The average Bonchev–Trinajstić information content (AvgIpc) is 2.72. The molecular formula is C11H18N4. The lowest BCUT2D eigenvalue weighted by Gasteiger charge is -2.27. The van der Waals surface area contributed by atoms with Gasteiger partial charge in [-0.05, 0) is 32.9 Å². The molecule has 0 saturated carbocycles. The van der Waals surface area contributed by atoms with Crippen LogP contribution in [0.15, 0.2) is 12.3 Å². The van der Waals surface area contributed by atoms with Gasteiger partial charge in [-0.25, -0.2) is 9.97 Å². The molecule has 2 heterocycles. The van der Waals surface area contributed by atoms with E-state index in [9.17, 15) is 0 Å². The standard InChI is InChI=1S/C11H18N4/c1-3-15(10-5-6-12-8-10)11-13-7-4-9(2)14-11/h4,7,10,12H,3,5-6,8H2,1-2H3. The summed E-state index contributed by atoms with van der Waals surface area (Å²) in [5.74, 6) is 0.867. The topological polar surface area (TPSA) is 41.1 Å². The predicted molar refractivity (Wildman–Crippen MR) is 61.1 cm³/mol. The Kier molecular flexibility index (Phi) is 3.16. The maximum absolute atomic E-state index is 4.48. The maximum atomic E-state index is 4.48. The fourth-order valence-electron chi connectivity index (χ4n) is 2.04. The molecule has 1 aliphatic heterocycles. The van der Waals surface area contributed by atoms with Crippen LogP contribution in [-0.2, 0) is 0 Å². The van der Waals surface area contributed by atoms with Gasteiger partial charge in [0, 0.05) is 31.0 Å². The number of nitrogens with zero attached hydrogens (tertiary/aromatic N) is 3. The summed E-state index contributed by atoms with van der Waals surface area (Å²) in [6.45, 7) is 7.28. The molecule has 0 radical (unpaired) electrons. The molecule has 1 N–H and O–H groups in total. The molecule has 1 saturated heterocycles. The lowest BCUT2D eigenvalue weighted by atomic mass is 10.2. The zero-order chi connectivity index (χ0) is 10.7. The Balaban J connectivity index is 2.18. The van der Waals surface area contributed by atoms with Crippen molar-refractivity contribution < 1.29 is 0 Å². The van der Waals surface area contributed by atoms with Crippen molar-refractivity contribution in [2.75, 3.05) is 24.5 Å². The summed E-state index contributed by atoms with van der Waals surface area (Å²) >= 11 is 0. The largest absolute Gasteiger partial charge is 0.337 e. The van der Waals surface area contributed by atoms with Crippen LogP contribution in [0.5, 0.6) is 0 Å². The Hall–Kier alpha value is -1.16. The van der Waals surface area contributed by atoms with Crippen molar-refractivity contribution in [2.45, 2.75) is 26.3 Å². The van der Waals surface area contributed by atoms with E-state index in [1.807, 2.05) is 19.2 Å². The van der Waals surface area contributed by atoms with E-state index >= 15 is 0 Å². The maximum Gasteiger partial charge on any atom is 0.225 e. The van der Waals surface area contributed by atoms with E-state index in [2.05, 4.69) is 27.1 Å². The lowest BCUT2D eigenvalue weighted by molar-refractivity contribution is 0.630. The number of rotatable bonds is 3. The highest BCUT2D eigenvalue weighted by Crippen LogP contribution is 2.15. The van der Waals surface area contributed by atoms with E-state index in [1.165, 1.54) is 6.42 Å². The Morgan fingerprint density at radius 2 is 2.47 bits per heavy atom. The second-order valence-electron chi connectivity index (χ2n) is 3.93. The zero-order valence-electron chi connectivity index (χ0n) is 9.40. The number of nitrogens with one attached hydrogen (secondary N) is 1. The van der Waals surface area contributed by atoms with Gasteiger partial charge in [-0.1, -0.05) is 0 Å². The second-order valence-corrected chi connectivity index (χ2v) is 3.93. The minimum Gasteiger partial charge on any atom is -0.337 e. The van der Waals surface area contributed by atoms with E-state index in [0.717, 1.165) is 31.3 Å². The summed E-state index contributed by atoms with van der Waals surface area (Å²) in [6, 6.07) is 2.49. The minimum absolute atomic E-state index is 0.553. The summed E-state index contributed by atoms with van der Waals surface area (Å²) in [6.07, 6.45) is 3.02. The van der Waals surface area contributed by atoms with E-state index < -0.39 is 0 Å². The first kappa shape index (κ1) is 10.4. The average molecular weight is 206 g/mol. The first-order chi connectivity index (χ1) is 7.31. The van der Waals surface area contributed by atoms with Gasteiger partial charge in [-0.2, -0.15) is 0 Å². The first-order valence-electron chi connectivity index (χ1n) is 5.58. The van der Waals surface area contributed by atoms with Crippen LogP contribution in [0.2, 0.25) is 0 Å². The van der Waals surface area contributed by atoms with Crippen LogP contribution in [0, 0.1) is 6.92 Å².